The van der Waals surface area contributed by atoms with Gasteiger partial charge in [0, 0.05) is 12.1 Å². The quantitative estimate of drug-likeness (QED) is 0.816. The lowest BCUT2D eigenvalue weighted by atomic mass is 9.78. The van der Waals surface area contributed by atoms with Crippen LogP contribution in [0.1, 0.15) is 37.9 Å². The van der Waals surface area contributed by atoms with Gasteiger partial charge in [-0.05, 0) is 31.9 Å². The summed E-state index contributed by atoms with van der Waals surface area (Å²) in [6.45, 7) is 6.55. The average molecular weight is 366 g/mol. The van der Waals surface area contributed by atoms with Crippen molar-refractivity contribution in [1.29, 1.82) is 0 Å². The first kappa shape index (κ1) is 19.0. The molecule has 1 heterocycles. The molecular weight excluding hydrogens is 340 g/mol. The number of hydrogen-bond donors (Lipinski definition) is 1. The van der Waals surface area contributed by atoms with Crippen molar-refractivity contribution in [3.63, 3.8) is 0 Å². The normalized spacial score (nSPS) is 19.4. The van der Waals surface area contributed by atoms with Gasteiger partial charge in [0.15, 0.2) is 0 Å². The Balaban J connectivity index is 1.61. The van der Waals surface area contributed by atoms with E-state index in [1.165, 1.54) is 0 Å². The number of likely N-dealkylation sites (tertiary alicyclic amines) is 1. The maximum Gasteiger partial charge on any atom is 0.407 e. The minimum Gasteiger partial charge on any atom is -0.445 e. The van der Waals surface area contributed by atoms with Gasteiger partial charge in [0.25, 0.3) is 0 Å². The SMILES string of the molecule is CC(C)(C)N1C(=O)[C@@H](CNC(=O)OCc2ccccc2)[C@@H]1c1ccccc1. The number of nitrogens with zero attached hydrogens (tertiary/aromatic N) is 1. The number of β-lactam (4-membered cyclic amide) rings is 1. The summed E-state index contributed by atoms with van der Waals surface area (Å²) in [5, 5.41) is 2.75. The predicted molar refractivity (Wildman–Crippen MR) is 104 cm³/mol. The molecule has 1 aliphatic rings. The second kappa shape index (κ2) is 7.82. The van der Waals surface area contributed by atoms with Crippen molar-refractivity contribution in [2.24, 2.45) is 5.92 Å². The van der Waals surface area contributed by atoms with Gasteiger partial charge in [0.1, 0.15) is 6.61 Å². The summed E-state index contributed by atoms with van der Waals surface area (Å²) in [7, 11) is 0. The number of ether oxygens (including phenoxy) is 1. The number of hydrogen-bond acceptors (Lipinski definition) is 3. The van der Waals surface area contributed by atoms with E-state index in [-0.39, 0.29) is 36.6 Å². The van der Waals surface area contributed by atoms with Crippen LogP contribution in [0.15, 0.2) is 60.7 Å². The van der Waals surface area contributed by atoms with Crippen LogP contribution in [0.5, 0.6) is 0 Å². The summed E-state index contributed by atoms with van der Waals surface area (Å²) in [5.41, 5.74) is 1.73. The Kier molecular flexibility index (Phi) is 5.49. The molecule has 27 heavy (non-hydrogen) atoms. The summed E-state index contributed by atoms with van der Waals surface area (Å²) in [6.07, 6.45) is -0.507. The fourth-order valence-corrected chi connectivity index (χ4v) is 3.49. The van der Waals surface area contributed by atoms with Crippen LogP contribution in [0.25, 0.3) is 0 Å². The van der Waals surface area contributed by atoms with E-state index in [9.17, 15) is 9.59 Å². The van der Waals surface area contributed by atoms with Crippen LogP contribution in [-0.2, 0) is 16.1 Å². The van der Waals surface area contributed by atoms with Crippen LogP contribution in [0.4, 0.5) is 4.79 Å². The minimum absolute atomic E-state index is 0.0480. The predicted octanol–water partition coefficient (Wildman–Crippen LogP) is 3.91. The Morgan fingerprint density at radius 2 is 1.63 bits per heavy atom. The van der Waals surface area contributed by atoms with Crippen LogP contribution in [0, 0.1) is 5.92 Å². The highest BCUT2D eigenvalue weighted by atomic mass is 16.5. The Morgan fingerprint density at radius 3 is 2.22 bits per heavy atom. The van der Waals surface area contributed by atoms with Crippen molar-refractivity contribution in [1.82, 2.24) is 10.2 Å². The molecule has 0 radical (unpaired) electrons. The summed E-state index contributed by atoms with van der Waals surface area (Å²) in [4.78, 5) is 26.6. The first-order chi connectivity index (χ1) is 12.9. The van der Waals surface area contributed by atoms with E-state index in [0.29, 0.717) is 0 Å². The molecule has 0 aromatic heterocycles. The molecule has 2 amide bonds. The molecule has 0 bridgehead atoms. The third-order valence-electron chi connectivity index (χ3n) is 4.76. The lowest BCUT2D eigenvalue weighted by Crippen LogP contribution is -2.64. The zero-order valence-corrected chi connectivity index (χ0v) is 16.0. The number of rotatable bonds is 5. The van der Waals surface area contributed by atoms with Crippen LogP contribution in [0.3, 0.4) is 0 Å². The van der Waals surface area contributed by atoms with Gasteiger partial charge >= 0.3 is 6.09 Å². The highest BCUT2D eigenvalue weighted by molar-refractivity contribution is 5.88. The fraction of sp³-hybridized carbons (Fsp3) is 0.364. The summed E-state index contributed by atoms with van der Waals surface area (Å²) < 4.78 is 5.24. The van der Waals surface area contributed by atoms with E-state index in [2.05, 4.69) is 5.32 Å². The van der Waals surface area contributed by atoms with Gasteiger partial charge in [0.05, 0.1) is 12.0 Å². The Labute approximate surface area is 160 Å². The maximum absolute atomic E-state index is 12.7. The molecule has 142 valence electrons. The molecule has 5 heteroatoms. The monoisotopic (exact) mass is 366 g/mol. The van der Waals surface area contributed by atoms with E-state index in [1.54, 1.807) is 0 Å². The van der Waals surface area contributed by atoms with Gasteiger partial charge < -0.3 is 15.0 Å². The van der Waals surface area contributed by atoms with Gasteiger partial charge in [-0.25, -0.2) is 4.79 Å². The molecule has 0 spiro atoms. The van der Waals surface area contributed by atoms with E-state index in [0.717, 1.165) is 11.1 Å². The highest BCUT2D eigenvalue weighted by Crippen LogP contribution is 2.44. The third-order valence-corrected chi connectivity index (χ3v) is 4.76. The molecule has 1 aliphatic heterocycles. The van der Waals surface area contributed by atoms with Crippen LogP contribution < -0.4 is 5.32 Å². The molecule has 1 saturated heterocycles. The molecule has 2 aromatic carbocycles. The molecular formula is C22H26N2O3. The first-order valence-corrected chi connectivity index (χ1v) is 9.20. The van der Waals surface area contributed by atoms with Crippen molar-refractivity contribution in [3.05, 3.63) is 71.8 Å². The Bertz CT molecular complexity index is 784. The average Bonchev–Trinajstić information content (AvgIpc) is 2.64. The molecule has 0 saturated carbocycles. The van der Waals surface area contributed by atoms with Crippen LogP contribution in [-0.4, -0.2) is 29.0 Å². The second-order valence-electron chi connectivity index (χ2n) is 7.78. The minimum atomic E-state index is -0.507. The van der Waals surface area contributed by atoms with Crippen molar-refractivity contribution >= 4 is 12.0 Å². The number of carbonyl (C=O) groups is 2. The number of alkyl carbamates (subject to hydrolysis) is 1. The molecule has 1 fully saturated rings. The smallest absolute Gasteiger partial charge is 0.407 e. The van der Waals surface area contributed by atoms with E-state index >= 15 is 0 Å². The number of amides is 2. The maximum atomic E-state index is 12.7. The van der Waals surface area contributed by atoms with Crippen molar-refractivity contribution < 1.29 is 14.3 Å². The molecule has 1 N–H and O–H groups in total. The second-order valence-corrected chi connectivity index (χ2v) is 7.78. The summed E-state index contributed by atoms with van der Waals surface area (Å²) in [6, 6.07) is 19.4. The van der Waals surface area contributed by atoms with Gasteiger partial charge in [-0.1, -0.05) is 60.7 Å². The summed E-state index contributed by atoms with van der Waals surface area (Å²) in [5.74, 6) is -0.226. The molecule has 2 aromatic rings. The Hall–Kier alpha value is -2.82. The lowest BCUT2D eigenvalue weighted by Gasteiger charge is -2.54. The van der Waals surface area contributed by atoms with Gasteiger partial charge in [0.2, 0.25) is 5.91 Å². The molecule has 0 unspecified atom stereocenters. The van der Waals surface area contributed by atoms with Crippen LogP contribution >= 0.6 is 0 Å². The number of benzene rings is 2. The largest absolute Gasteiger partial charge is 0.445 e. The lowest BCUT2D eigenvalue weighted by molar-refractivity contribution is -0.166. The van der Waals surface area contributed by atoms with Gasteiger partial charge in [-0.15, -0.1) is 0 Å². The summed E-state index contributed by atoms with van der Waals surface area (Å²) >= 11 is 0. The third kappa shape index (κ3) is 4.30. The van der Waals surface area contributed by atoms with E-state index < -0.39 is 6.09 Å². The Morgan fingerprint density at radius 1 is 1.04 bits per heavy atom. The molecule has 0 aliphatic carbocycles. The number of nitrogens with one attached hydrogen (secondary N) is 1. The van der Waals surface area contributed by atoms with Crippen LogP contribution in [0.2, 0.25) is 0 Å². The van der Waals surface area contributed by atoms with Gasteiger partial charge in [-0.3, -0.25) is 4.79 Å². The van der Waals surface area contributed by atoms with Gasteiger partial charge in [-0.2, -0.15) is 0 Å². The zero-order chi connectivity index (χ0) is 19.4. The fourth-order valence-electron chi connectivity index (χ4n) is 3.49. The zero-order valence-electron chi connectivity index (χ0n) is 16.0. The molecule has 3 rings (SSSR count). The van der Waals surface area contributed by atoms with E-state index in [4.69, 9.17) is 4.74 Å². The van der Waals surface area contributed by atoms with Crippen molar-refractivity contribution in [2.45, 2.75) is 39.0 Å². The molecule has 2 atom stereocenters. The standard InChI is InChI=1S/C22H26N2O3/c1-22(2,3)24-19(17-12-8-5-9-13-17)18(20(24)25)14-23-21(26)27-15-16-10-6-4-7-11-16/h4-13,18-19H,14-15H2,1-3H3,(H,23,26)/t18-,19-/m0/s1. The molecule has 5 nitrogen and oxygen atoms in total. The van der Waals surface area contributed by atoms with Crippen molar-refractivity contribution in [3.8, 4) is 0 Å². The van der Waals surface area contributed by atoms with E-state index in [1.807, 2.05) is 86.3 Å². The first-order valence-electron chi connectivity index (χ1n) is 9.20. The highest BCUT2D eigenvalue weighted by Gasteiger charge is 2.52. The van der Waals surface area contributed by atoms with Crippen molar-refractivity contribution in [2.75, 3.05) is 6.54 Å². The topological polar surface area (TPSA) is 58.6 Å². The number of carbonyl (C=O) groups excluding carboxylic acids is 2.